The number of hydrogen-bond donors (Lipinski definition) is 4. The SMILES string of the molecule is C=C(C)c1cc2c(=O)c(C(=O)O)cn(-c3ccc(C)cc3)c2cc1N1CCN(C(=O)OC([P+](=O)O)P(=O)(O)O)CC1. The molecule has 1 aliphatic heterocycles. The van der Waals surface area contributed by atoms with E-state index in [1.807, 2.05) is 36.1 Å². The Labute approximate surface area is 234 Å². The number of aromatic carboxylic acids is 1. The fourth-order valence-corrected chi connectivity index (χ4v) is 6.01. The van der Waals surface area contributed by atoms with Crippen LogP contribution in [0.5, 0.6) is 0 Å². The Hall–Kier alpha value is -3.86. The van der Waals surface area contributed by atoms with Gasteiger partial charge in [-0.3, -0.25) is 9.36 Å². The highest BCUT2D eigenvalue weighted by atomic mass is 31.2. The second kappa shape index (κ2) is 11.6. The first-order valence-corrected chi connectivity index (χ1v) is 15.3. The summed E-state index contributed by atoms with van der Waals surface area (Å²) in [7, 11) is -8.65. The van der Waals surface area contributed by atoms with Crippen molar-refractivity contribution in [2.45, 2.75) is 19.4 Å². The lowest BCUT2D eigenvalue weighted by molar-refractivity contribution is 0.0695. The lowest BCUT2D eigenvalue weighted by atomic mass is 10.00. The third-order valence-corrected chi connectivity index (χ3v) is 9.34. The van der Waals surface area contributed by atoms with E-state index in [9.17, 15) is 43.3 Å². The van der Waals surface area contributed by atoms with Crippen molar-refractivity contribution < 1.29 is 43.2 Å². The van der Waals surface area contributed by atoms with Gasteiger partial charge in [-0.25, -0.2) is 9.59 Å². The van der Waals surface area contributed by atoms with Crippen LogP contribution in [0.3, 0.4) is 0 Å². The number of pyridine rings is 1. The number of anilines is 1. The van der Waals surface area contributed by atoms with Crippen molar-refractivity contribution in [2.24, 2.45) is 0 Å². The van der Waals surface area contributed by atoms with Crippen molar-refractivity contribution >= 4 is 49.8 Å². The Morgan fingerprint density at radius 3 is 2.20 bits per heavy atom. The Morgan fingerprint density at radius 2 is 1.68 bits per heavy atom. The van der Waals surface area contributed by atoms with Gasteiger partial charge in [-0.2, -0.15) is 4.89 Å². The third-order valence-electron chi connectivity index (χ3n) is 6.68. The van der Waals surface area contributed by atoms with E-state index in [0.29, 0.717) is 28.0 Å². The summed E-state index contributed by atoms with van der Waals surface area (Å²) in [6.07, 6.45) is 0.155. The molecule has 4 rings (SSSR count). The number of allylic oxidation sites excluding steroid dienone is 1. The van der Waals surface area contributed by atoms with Gasteiger partial charge in [0.25, 0.3) is 0 Å². The smallest absolute Gasteiger partial charge is 0.477 e. The minimum atomic E-state index is -5.17. The lowest BCUT2D eigenvalue weighted by Gasteiger charge is -2.36. The fraction of sp³-hybridized carbons (Fsp3) is 0.269. The van der Waals surface area contributed by atoms with Crippen LogP contribution >= 0.6 is 15.6 Å². The van der Waals surface area contributed by atoms with E-state index < -0.39 is 38.7 Å². The second-order valence-electron chi connectivity index (χ2n) is 9.63. The number of ether oxygens (including phenoxy) is 1. The zero-order valence-electron chi connectivity index (χ0n) is 22.1. The molecule has 216 valence electrons. The third kappa shape index (κ3) is 6.24. The molecule has 1 aliphatic rings. The number of fused-ring (bicyclic) bond motifs is 1. The van der Waals surface area contributed by atoms with Crippen molar-refractivity contribution in [3.8, 4) is 5.69 Å². The van der Waals surface area contributed by atoms with Crippen LogP contribution in [0.15, 0.2) is 54.0 Å². The van der Waals surface area contributed by atoms with Crippen LogP contribution in [-0.2, 0) is 13.9 Å². The molecule has 1 amide bonds. The maximum absolute atomic E-state index is 13.2. The summed E-state index contributed by atoms with van der Waals surface area (Å²) >= 11 is 0. The van der Waals surface area contributed by atoms with Crippen molar-refractivity contribution in [1.29, 1.82) is 0 Å². The molecule has 0 spiro atoms. The number of aromatic nitrogens is 1. The first-order chi connectivity index (χ1) is 19.2. The molecule has 1 fully saturated rings. The van der Waals surface area contributed by atoms with Crippen LogP contribution in [0, 0.1) is 6.92 Å². The fourth-order valence-electron chi connectivity index (χ4n) is 4.57. The predicted octanol–water partition coefficient (Wildman–Crippen LogP) is 3.49. The first-order valence-electron chi connectivity index (χ1n) is 12.3. The molecular weight excluding hydrogens is 576 g/mol. The molecule has 0 saturated carbocycles. The number of benzene rings is 2. The summed E-state index contributed by atoms with van der Waals surface area (Å²) in [5.41, 5.74) is 0.499. The number of carboxylic acids is 1. The van der Waals surface area contributed by atoms with E-state index in [2.05, 4.69) is 11.3 Å². The average Bonchev–Trinajstić information content (AvgIpc) is 2.90. The van der Waals surface area contributed by atoms with E-state index in [-0.39, 0.29) is 37.1 Å². The number of nitrogens with zero attached hydrogens (tertiary/aromatic N) is 3. The normalized spacial score (nSPS) is 15.0. The van der Waals surface area contributed by atoms with Crippen LogP contribution in [0.25, 0.3) is 22.2 Å². The standard InChI is InChI=1S/C26H27N3O10P2/c1-15(2)18-12-19-22(29(14-20(23(19)30)24(31)32)17-6-4-16(3)5-7-17)13-21(18)27-8-10-28(11-9-27)25(33)39-26(40(34)35)41(36,37)38/h4-7,12-14,26H,1,8-11H2,2-3H3,(H3-,31,32,34,35,36,37,38)/p+1. The number of hydrogen-bond acceptors (Lipinski definition) is 7. The van der Waals surface area contributed by atoms with Gasteiger partial charge in [0.15, 0.2) is 0 Å². The van der Waals surface area contributed by atoms with Gasteiger partial charge in [0.2, 0.25) is 5.43 Å². The van der Waals surface area contributed by atoms with Crippen LogP contribution in [0.4, 0.5) is 10.5 Å². The number of carbonyl (C=O) groups excluding carboxylic acids is 1. The highest BCUT2D eigenvalue weighted by Crippen LogP contribution is 2.52. The Morgan fingerprint density at radius 1 is 1.07 bits per heavy atom. The van der Waals surface area contributed by atoms with Gasteiger partial charge >= 0.3 is 33.3 Å². The average molecular weight is 604 g/mol. The van der Waals surface area contributed by atoms with Gasteiger partial charge in [0.1, 0.15) is 5.56 Å². The molecule has 41 heavy (non-hydrogen) atoms. The van der Waals surface area contributed by atoms with E-state index in [1.165, 1.54) is 11.1 Å². The van der Waals surface area contributed by atoms with E-state index >= 15 is 0 Å². The number of piperazine rings is 1. The zero-order chi connectivity index (χ0) is 30.2. The molecule has 2 unspecified atom stereocenters. The number of aryl methyl sites for hydroxylation is 1. The molecule has 0 radical (unpaired) electrons. The van der Waals surface area contributed by atoms with Crippen molar-refractivity contribution in [2.75, 3.05) is 31.1 Å². The van der Waals surface area contributed by atoms with Crippen molar-refractivity contribution in [1.82, 2.24) is 9.47 Å². The number of rotatable bonds is 7. The maximum atomic E-state index is 13.2. The number of amides is 1. The van der Waals surface area contributed by atoms with E-state index in [0.717, 1.165) is 5.56 Å². The Kier molecular flexibility index (Phi) is 8.49. The highest BCUT2D eigenvalue weighted by molar-refractivity contribution is 7.65. The molecule has 1 aromatic heterocycles. The van der Waals surface area contributed by atoms with Gasteiger partial charge in [0.05, 0.1) is 5.52 Å². The van der Waals surface area contributed by atoms with Crippen molar-refractivity contribution in [3.05, 3.63) is 76.1 Å². The minimum Gasteiger partial charge on any atom is -0.477 e. The molecule has 15 heteroatoms. The largest absolute Gasteiger partial charge is 0.564 e. The molecule has 3 aromatic rings. The van der Waals surface area contributed by atoms with Gasteiger partial charge in [-0.05, 0) is 48.3 Å². The van der Waals surface area contributed by atoms with Gasteiger partial charge in [-0.1, -0.05) is 24.3 Å². The van der Waals surface area contributed by atoms with Crippen LogP contribution in [0.1, 0.15) is 28.4 Å². The van der Waals surface area contributed by atoms with Crippen LogP contribution < -0.4 is 10.3 Å². The van der Waals surface area contributed by atoms with E-state index in [1.54, 1.807) is 23.6 Å². The Balaban J connectivity index is 1.73. The summed E-state index contributed by atoms with van der Waals surface area (Å²) in [6, 6.07) is 10.7. The molecule has 2 atom stereocenters. The molecule has 13 nitrogen and oxygen atoms in total. The number of carbonyl (C=O) groups is 2. The zero-order valence-corrected chi connectivity index (χ0v) is 23.9. The summed E-state index contributed by atoms with van der Waals surface area (Å²) in [4.78, 5) is 68.4. The Bertz CT molecular complexity index is 1670. The highest BCUT2D eigenvalue weighted by Gasteiger charge is 2.50. The second-order valence-corrected chi connectivity index (χ2v) is 12.8. The molecule has 1 saturated heterocycles. The molecule has 2 heterocycles. The first kappa shape index (κ1) is 30.1. The van der Waals surface area contributed by atoms with Gasteiger partial charge in [-0.15, -0.1) is 0 Å². The molecule has 0 aliphatic carbocycles. The van der Waals surface area contributed by atoms with Gasteiger partial charge < -0.3 is 34.0 Å². The van der Waals surface area contributed by atoms with Crippen LogP contribution in [-0.4, -0.2) is 73.1 Å². The molecular formula is C26H28N3O10P2+. The summed E-state index contributed by atoms with van der Waals surface area (Å²) in [6.45, 7) is 8.29. The summed E-state index contributed by atoms with van der Waals surface area (Å²) in [5, 5.41) is 9.91. The summed E-state index contributed by atoms with van der Waals surface area (Å²) < 4.78 is 29.1. The van der Waals surface area contributed by atoms with Crippen molar-refractivity contribution in [3.63, 3.8) is 0 Å². The lowest BCUT2D eigenvalue weighted by Crippen LogP contribution is -2.49. The van der Waals surface area contributed by atoms with E-state index in [4.69, 9.17) is 0 Å². The topological polar surface area (TPSA) is 187 Å². The molecule has 0 bridgehead atoms. The van der Waals surface area contributed by atoms with Crippen LogP contribution in [0.2, 0.25) is 0 Å². The number of carboxylic acid groups (broad SMARTS) is 1. The molecule has 2 aromatic carbocycles. The van der Waals surface area contributed by atoms with Gasteiger partial charge in [0, 0.05) is 54.7 Å². The monoisotopic (exact) mass is 604 g/mol. The molecule has 4 N–H and O–H groups in total. The summed E-state index contributed by atoms with van der Waals surface area (Å²) in [5.74, 6) is -1.35. The maximum Gasteiger partial charge on any atom is 0.564 e. The predicted molar refractivity (Wildman–Crippen MR) is 152 cm³/mol. The minimum absolute atomic E-state index is 0.0608. The quantitative estimate of drug-likeness (QED) is 0.289.